The first-order valence-corrected chi connectivity index (χ1v) is 5.66. The molecule has 92 valence electrons. The van der Waals surface area contributed by atoms with Crippen LogP contribution in [0.5, 0.6) is 0 Å². The second kappa shape index (κ2) is 5.46. The van der Waals surface area contributed by atoms with E-state index in [1.54, 1.807) is 6.08 Å². The number of carboxylic acids is 1. The number of hydrogen-bond donors (Lipinski definition) is 1. The number of ether oxygens (including phenoxy) is 1. The largest absolute Gasteiger partial charge is 0.480 e. The first-order valence-electron chi connectivity index (χ1n) is 5.66. The van der Waals surface area contributed by atoms with Crippen LogP contribution in [-0.4, -0.2) is 47.3 Å². The van der Waals surface area contributed by atoms with Gasteiger partial charge in [-0.2, -0.15) is 0 Å². The van der Waals surface area contributed by atoms with Crippen LogP contribution < -0.4 is 0 Å². The predicted molar refractivity (Wildman–Crippen MR) is 62.5 cm³/mol. The molecule has 4 heteroatoms. The van der Waals surface area contributed by atoms with E-state index in [2.05, 4.69) is 20.4 Å². The lowest BCUT2D eigenvalue weighted by molar-refractivity contribution is -0.138. The Bertz CT molecular complexity index is 263. The van der Waals surface area contributed by atoms with E-state index in [0.717, 1.165) is 12.8 Å². The van der Waals surface area contributed by atoms with E-state index >= 15 is 0 Å². The van der Waals surface area contributed by atoms with Crippen LogP contribution in [0.15, 0.2) is 12.7 Å². The van der Waals surface area contributed by atoms with Gasteiger partial charge in [0.15, 0.2) is 0 Å². The minimum Gasteiger partial charge on any atom is -0.480 e. The molecule has 0 spiro atoms. The van der Waals surface area contributed by atoms with E-state index in [1.807, 2.05) is 4.90 Å². The Morgan fingerprint density at radius 1 is 1.69 bits per heavy atom. The predicted octanol–water partition coefficient (Wildman–Crippen LogP) is 1.52. The van der Waals surface area contributed by atoms with Gasteiger partial charge in [0.05, 0.1) is 18.2 Å². The van der Waals surface area contributed by atoms with E-state index in [1.165, 1.54) is 0 Å². The summed E-state index contributed by atoms with van der Waals surface area (Å²) in [5.74, 6) is -0.806. The molecule has 0 aromatic heterocycles. The van der Waals surface area contributed by atoms with E-state index in [4.69, 9.17) is 9.84 Å². The normalized spacial score (nSPS) is 23.6. The zero-order chi connectivity index (χ0) is 12.2. The van der Waals surface area contributed by atoms with Gasteiger partial charge >= 0.3 is 5.97 Å². The molecule has 0 aromatic rings. The number of aliphatic carboxylic acids is 1. The van der Waals surface area contributed by atoms with Gasteiger partial charge in [-0.15, -0.1) is 6.58 Å². The van der Waals surface area contributed by atoms with E-state index in [9.17, 15) is 4.79 Å². The molecule has 1 aliphatic rings. The van der Waals surface area contributed by atoms with Gasteiger partial charge in [-0.1, -0.05) is 6.08 Å². The van der Waals surface area contributed by atoms with Crippen LogP contribution in [0.25, 0.3) is 0 Å². The average molecular weight is 227 g/mol. The summed E-state index contributed by atoms with van der Waals surface area (Å²) < 4.78 is 5.84. The Labute approximate surface area is 96.9 Å². The van der Waals surface area contributed by atoms with E-state index in [-0.39, 0.29) is 18.2 Å². The van der Waals surface area contributed by atoms with Crippen LogP contribution in [0, 0.1) is 0 Å². The van der Waals surface area contributed by atoms with Gasteiger partial charge in [0.1, 0.15) is 0 Å². The molecule has 1 rings (SSSR count). The number of rotatable bonds is 6. The minimum absolute atomic E-state index is 0.0479. The van der Waals surface area contributed by atoms with Crippen molar-refractivity contribution < 1.29 is 14.6 Å². The van der Waals surface area contributed by atoms with Crippen LogP contribution in [0.4, 0.5) is 0 Å². The van der Waals surface area contributed by atoms with Crippen molar-refractivity contribution >= 4 is 5.97 Å². The highest BCUT2D eigenvalue weighted by molar-refractivity contribution is 5.69. The Morgan fingerprint density at radius 3 is 2.81 bits per heavy atom. The molecule has 0 amide bonds. The monoisotopic (exact) mass is 227 g/mol. The van der Waals surface area contributed by atoms with Crippen molar-refractivity contribution in [1.29, 1.82) is 0 Å². The molecule has 1 saturated heterocycles. The molecule has 0 bridgehead atoms. The van der Waals surface area contributed by atoms with Crippen molar-refractivity contribution in [2.24, 2.45) is 0 Å². The summed E-state index contributed by atoms with van der Waals surface area (Å²) >= 11 is 0. The summed E-state index contributed by atoms with van der Waals surface area (Å²) in [6.45, 7) is 9.08. The molecule has 1 unspecified atom stereocenters. The molecule has 0 radical (unpaired) electrons. The highest BCUT2D eigenvalue weighted by Gasteiger charge is 2.32. The smallest absolute Gasteiger partial charge is 0.317 e. The summed E-state index contributed by atoms with van der Waals surface area (Å²) in [7, 11) is 0. The molecular formula is C12H21NO3. The summed E-state index contributed by atoms with van der Waals surface area (Å²) in [5, 5.41) is 8.77. The van der Waals surface area contributed by atoms with Gasteiger partial charge < -0.3 is 9.84 Å². The molecule has 0 saturated carbocycles. The zero-order valence-electron chi connectivity index (χ0n) is 10.1. The second-order valence-corrected chi connectivity index (χ2v) is 4.91. The van der Waals surface area contributed by atoms with Crippen molar-refractivity contribution in [1.82, 2.24) is 4.90 Å². The standard InChI is InChI=1S/C12H21NO3/c1-4-7-13(9-11(14)15)8-10-5-6-12(2,3)16-10/h4,10H,1,5-9H2,2-3H3,(H,14,15). The summed E-state index contributed by atoms with van der Waals surface area (Å²) in [6, 6.07) is 0. The fourth-order valence-corrected chi connectivity index (χ4v) is 2.07. The third-order valence-electron chi connectivity index (χ3n) is 2.76. The van der Waals surface area contributed by atoms with Crippen molar-refractivity contribution in [3.8, 4) is 0 Å². The van der Waals surface area contributed by atoms with Gasteiger partial charge in [0, 0.05) is 13.1 Å². The quantitative estimate of drug-likeness (QED) is 0.699. The van der Waals surface area contributed by atoms with Gasteiger partial charge in [0.25, 0.3) is 0 Å². The zero-order valence-corrected chi connectivity index (χ0v) is 10.1. The fraction of sp³-hybridized carbons (Fsp3) is 0.750. The molecule has 1 aliphatic heterocycles. The van der Waals surface area contributed by atoms with Gasteiger partial charge in [0.2, 0.25) is 0 Å². The lowest BCUT2D eigenvalue weighted by Gasteiger charge is -2.24. The Hall–Kier alpha value is -0.870. The van der Waals surface area contributed by atoms with Gasteiger partial charge in [-0.25, -0.2) is 0 Å². The van der Waals surface area contributed by atoms with Gasteiger partial charge in [-0.05, 0) is 26.7 Å². The molecule has 0 aliphatic carbocycles. The second-order valence-electron chi connectivity index (χ2n) is 4.91. The Kier molecular flexibility index (Phi) is 4.50. The van der Waals surface area contributed by atoms with E-state index < -0.39 is 5.97 Å². The van der Waals surface area contributed by atoms with Crippen LogP contribution in [-0.2, 0) is 9.53 Å². The maximum Gasteiger partial charge on any atom is 0.317 e. The first-order chi connectivity index (χ1) is 7.43. The lowest BCUT2D eigenvalue weighted by Crippen LogP contribution is -2.37. The maximum atomic E-state index is 10.7. The highest BCUT2D eigenvalue weighted by Crippen LogP contribution is 2.29. The fourth-order valence-electron chi connectivity index (χ4n) is 2.07. The third-order valence-corrected chi connectivity index (χ3v) is 2.76. The van der Waals surface area contributed by atoms with Crippen molar-refractivity contribution in [3.63, 3.8) is 0 Å². The minimum atomic E-state index is -0.806. The summed E-state index contributed by atoms with van der Waals surface area (Å²) in [4.78, 5) is 12.5. The molecule has 4 nitrogen and oxygen atoms in total. The molecular weight excluding hydrogens is 206 g/mol. The van der Waals surface area contributed by atoms with E-state index in [0.29, 0.717) is 13.1 Å². The lowest BCUT2D eigenvalue weighted by atomic mass is 10.1. The molecule has 1 fully saturated rings. The van der Waals surface area contributed by atoms with Crippen LogP contribution in [0.3, 0.4) is 0 Å². The molecule has 0 aromatic carbocycles. The van der Waals surface area contributed by atoms with Crippen LogP contribution in [0.1, 0.15) is 26.7 Å². The number of carbonyl (C=O) groups is 1. The molecule has 1 heterocycles. The summed E-state index contributed by atoms with van der Waals surface area (Å²) in [6.07, 6.45) is 3.91. The Balaban J connectivity index is 2.43. The SMILES string of the molecule is C=CCN(CC(=O)O)CC1CCC(C)(C)O1. The maximum absolute atomic E-state index is 10.7. The third kappa shape index (κ3) is 4.33. The van der Waals surface area contributed by atoms with Gasteiger partial charge in [-0.3, -0.25) is 9.69 Å². The first kappa shape index (κ1) is 13.2. The highest BCUT2D eigenvalue weighted by atomic mass is 16.5. The van der Waals surface area contributed by atoms with Crippen molar-refractivity contribution in [2.45, 2.75) is 38.4 Å². The molecule has 1 N–H and O–H groups in total. The molecule has 1 atom stereocenters. The van der Waals surface area contributed by atoms with Crippen molar-refractivity contribution in [3.05, 3.63) is 12.7 Å². The molecule has 16 heavy (non-hydrogen) atoms. The van der Waals surface area contributed by atoms with Crippen LogP contribution >= 0.6 is 0 Å². The average Bonchev–Trinajstić information content (AvgIpc) is 2.44. The van der Waals surface area contributed by atoms with Crippen LogP contribution in [0.2, 0.25) is 0 Å². The number of hydrogen-bond acceptors (Lipinski definition) is 3. The number of nitrogens with zero attached hydrogens (tertiary/aromatic N) is 1. The summed E-state index contributed by atoms with van der Waals surface area (Å²) in [5.41, 5.74) is -0.0618. The number of carboxylic acid groups (broad SMARTS) is 1. The topological polar surface area (TPSA) is 49.8 Å². The van der Waals surface area contributed by atoms with Crippen molar-refractivity contribution in [2.75, 3.05) is 19.6 Å². The Morgan fingerprint density at radius 2 is 2.38 bits per heavy atom.